The van der Waals surface area contributed by atoms with Crippen molar-refractivity contribution in [2.75, 3.05) is 18.5 Å². The molecule has 29 heavy (non-hydrogen) atoms. The number of carbonyl (C=O) groups excluding carboxylic acids is 3. The van der Waals surface area contributed by atoms with E-state index in [0.717, 1.165) is 0 Å². The second-order valence-corrected chi connectivity index (χ2v) is 8.15. The molecule has 2 aromatic rings. The van der Waals surface area contributed by atoms with Crippen molar-refractivity contribution in [3.63, 3.8) is 0 Å². The van der Waals surface area contributed by atoms with Crippen LogP contribution >= 0.6 is 11.6 Å². The zero-order valence-corrected chi connectivity index (χ0v) is 17.0. The van der Waals surface area contributed by atoms with Crippen LogP contribution < -0.4 is 10.0 Å². The third kappa shape index (κ3) is 7.30. The normalized spacial score (nSPS) is 11.0. The number of halogens is 1. The number of benzene rings is 2. The van der Waals surface area contributed by atoms with Crippen molar-refractivity contribution in [1.29, 1.82) is 0 Å². The molecule has 8 nitrogen and oxygen atoms in total. The number of hydrogen-bond acceptors (Lipinski definition) is 6. The largest absolute Gasteiger partial charge is 0.457 e. The Morgan fingerprint density at radius 2 is 1.62 bits per heavy atom. The molecular formula is C19H19ClN2O6S. The number of rotatable bonds is 9. The monoisotopic (exact) mass is 438 g/mol. The van der Waals surface area contributed by atoms with Crippen molar-refractivity contribution in [1.82, 2.24) is 4.72 Å². The first-order valence-electron chi connectivity index (χ1n) is 8.49. The molecule has 0 atom stereocenters. The van der Waals surface area contributed by atoms with Crippen LogP contribution in [0.5, 0.6) is 0 Å². The maximum absolute atomic E-state index is 12.2. The predicted octanol–water partition coefficient (Wildman–Crippen LogP) is 2.39. The molecule has 154 valence electrons. The molecule has 2 N–H and O–H groups in total. The van der Waals surface area contributed by atoms with Gasteiger partial charge in [-0.3, -0.25) is 14.4 Å². The number of anilines is 1. The van der Waals surface area contributed by atoms with Gasteiger partial charge in [0.1, 0.15) is 0 Å². The van der Waals surface area contributed by atoms with E-state index in [9.17, 15) is 22.8 Å². The smallest absolute Gasteiger partial charge is 0.307 e. The SMILES string of the molecule is CC(=O)Nc1ccc(S(=O)(=O)NCCC(=O)OCC(=O)c2ccc(Cl)cc2)cc1. The maximum atomic E-state index is 12.2. The lowest BCUT2D eigenvalue weighted by atomic mass is 10.1. The average molecular weight is 439 g/mol. The zero-order valence-electron chi connectivity index (χ0n) is 15.5. The Morgan fingerprint density at radius 3 is 2.21 bits per heavy atom. The van der Waals surface area contributed by atoms with Gasteiger partial charge in [-0.1, -0.05) is 11.6 Å². The summed E-state index contributed by atoms with van der Waals surface area (Å²) in [7, 11) is -3.83. The number of hydrogen-bond donors (Lipinski definition) is 2. The summed E-state index contributed by atoms with van der Waals surface area (Å²) in [5.41, 5.74) is 0.816. The lowest BCUT2D eigenvalue weighted by Crippen LogP contribution is -2.27. The van der Waals surface area contributed by atoms with Crippen LogP contribution in [0.15, 0.2) is 53.4 Å². The lowest BCUT2D eigenvalue weighted by molar-refractivity contribution is -0.142. The highest BCUT2D eigenvalue weighted by molar-refractivity contribution is 7.89. The van der Waals surface area contributed by atoms with Crippen LogP contribution in [0.3, 0.4) is 0 Å². The van der Waals surface area contributed by atoms with E-state index in [1.807, 2.05) is 0 Å². The molecule has 0 saturated carbocycles. The van der Waals surface area contributed by atoms with Gasteiger partial charge >= 0.3 is 5.97 Å². The number of carbonyl (C=O) groups is 3. The number of amides is 1. The first kappa shape index (κ1) is 22.5. The van der Waals surface area contributed by atoms with Crippen molar-refractivity contribution in [3.8, 4) is 0 Å². The number of esters is 1. The highest BCUT2D eigenvalue weighted by atomic mass is 35.5. The highest BCUT2D eigenvalue weighted by Gasteiger charge is 2.15. The number of ether oxygens (including phenoxy) is 1. The van der Waals surface area contributed by atoms with Crippen LogP contribution in [0.25, 0.3) is 0 Å². The minimum absolute atomic E-state index is 0.0158. The van der Waals surface area contributed by atoms with E-state index in [1.165, 1.54) is 43.3 Å². The van der Waals surface area contributed by atoms with Gasteiger partial charge in [-0.15, -0.1) is 0 Å². The molecule has 0 unspecified atom stereocenters. The molecule has 0 bridgehead atoms. The molecule has 0 saturated heterocycles. The van der Waals surface area contributed by atoms with Gasteiger partial charge in [0.25, 0.3) is 0 Å². The Kier molecular flexibility index (Phi) is 7.89. The fraction of sp³-hybridized carbons (Fsp3) is 0.211. The fourth-order valence-electron chi connectivity index (χ4n) is 2.23. The van der Waals surface area contributed by atoms with Crippen LogP contribution in [0, 0.1) is 0 Å². The number of ketones is 1. The van der Waals surface area contributed by atoms with E-state index in [4.69, 9.17) is 16.3 Å². The zero-order chi connectivity index (χ0) is 21.4. The van der Waals surface area contributed by atoms with Gasteiger partial charge in [-0.05, 0) is 48.5 Å². The summed E-state index contributed by atoms with van der Waals surface area (Å²) < 4.78 is 31.6. The van der Waals surface area contributed by atoms with Gasteiger partial charge in [0.15, 0.2) is 12.4 Å². The molecule has 0 heterocycles. The quantitative estimate of drug-likeness (QED) is 0.458. The molecular weight excluding hydrogens is 420 g/mol. The molecule has 0 aliphatic carbocycles. The number of Topliss-reactive ketones (excluding diaryl/α,β-unsaturated/α-hetero) is 1. The molecule has 10 heteroatoms. The van der Waals surface area contributed by atoms with Crippen molar-refractivity contribution in [3.05, 3.63) is 59.1 Å². The van der Waals surface area contributed by atoms with Gasteiger partial charge in [0.2, 0.25) is 15.9 Å². The maximum Gasteiger partial charge on any atom is 0.307 e. The van der Waals surface area contributed by atoms with Crippen LogP contribution in [0.2, 0.25) is 5.02 Å². The van der Waals surface area contributed by atoms with Gasteiger partial charge < -0.3 is 10.1 Å². The molecule has 0 aliphatic rings. The highest BCUT2D eigenvalue weighted by Crippen LogP contribution is 2.14. The Labute approximate surface area is 173 Å². The van der Waals surface area contributed by atoms with Gasteiger partial charge in [-0.2, -0.15) is 0 Å². The molecule has 0 fully saturated rings. The Balaban J connectivity index is 1.79. The first-order valence-corrected chi connectivity index (χ1v) is 10.4. The molecule has 2 aromatic carbocycles. The third-order valence-electron chi connectivity index (χ3n) is 3.64. The van der Waals surface area contributed by atoms with Crippen molar-refractivity contribution >= 4 is 45.0 Å². The van der Waals surface area contributed by atoms with Gasteiger partial charge in [-0.25, -0.2) is 13.1 Å². The first-order chi connectivity index (χ1) is 13.7. The Hall–Kier alpha value is -2.75. The fourth-order valence-corrected chi connectivity index (χ4v) is 3.39. The number of nitrogens with one attached hydrogen (secondary N) is 2. The van der Waals surface area contributed by atoms with Crippen LogP contribution in [-0.2, 0) is 24.3 Å². The summed E-state index contributed by atoms with van der Waals surface area (Å²) in [5.74, 6) is -1.38. The molecule has 0 aromatic heterocycles. The summed E-state index contributed by atoms with van der Waals surface area (Å²) in [6, 6.07) is 11.7. The summed E-state index contributed by atoms with van der Waals surface area (Å²) in [4.78, 5) is 34.6. The standard InChI is InChI=1S/C19H19ClN2O6S/c1-13(23)22-16-6-8-17(9-7-16)29(26,27)21-11-10-19(25)28-12-18(24)14-2-4-15(20)5-3-14/h2-9,21H,10-12H2,1H3,(H,22,23). The topological polar surface area (TPSA) is 119 Å². The summed E-state index contributed by atoms with van der Waals surface area (Å²) in [6.45, 7) is 0.704. The Morgan fingerprint density at radius 1 is 1.00 bits per heavy atom. The number of sulfonamides is 1. The van der Waals surface area contributed by atoms with Gasteiger partial charge in [0, 0.05) is 29.7 Å². The average Bonchev–Trinajstić information content (AvgIpc) is 2.66. The van der Waals surface area contributed by atoms with Crippen molar-refractivity contribution in [2.24, 2.45) is 0 Å². The molecule has 0 radical (unpaired) electrons. The van der Waals surface area contributed by atoms with E-state index in [1.54, 1.807) is 12.1 Å². The molecule has 0 aliphatic heterocycles. The van der Waals surface area contributed by atoms with E-state index in [2.05, 4.69) is 10.0 Å². The minimum atomic E-state index is -3.83. The second-order valence-electron chi connectivity index (χ2n) is 5.94. The van der Waals surface area contributed by atoms with Crippen molar-refractivity contribution in [2.45, 2.75) is 18.2 Å². The van der Waals surface area contributed by atoms with Crippen molar-refractivity contribution < 1.29 is 27.5 Å². The third-order valence-corrected chi connectivity index (χ3v) is 5.37. The Bertz CT molecular complexity index is 988. The van der Waals surface area contributed by atoms with Crippen LogP contribution in [0.1, 0.15) is 23.7 Å². The molecule has 2 rings (SSSR count). The molecule has 0 spiro atoms. The predicted molar refractivity (Wildman–Crippen MR) is 107 cm³/mol. The lowest BCUT2D eigenvalue weighted by Gasteiger charge is -2.08. The second kappa shape index (κ2) is 10.1. The van der Waals surface area contributed by atoms with E-state index in [0.29, 0.717) is 16.3 Å². The summed E-state index contributed by atoms with van der Waals surface area (Å²) in [5, 5.41) is 3.01. The van der Waals surface area contributed by atoms with E-state index < -0.39 is 28.4 Å². The van der Waals surface area contributed by atoms with Gasteiger partial charge in [0.05, 0.1) is 11.3 Å². The van der Waals surface area contributed by atoms with E-state index >= 15 is 0 Å². The molecule has 1 amide bonds. The summed E-state index contributed by atoms with van der Waals surface area (Å²) in [6.07, 6.45) is -0.239. The summed E-state index contributed by atoms with van der Waals surface area (Å²) >= 11 is 5.74. The van der Waals surface area contributed by atoms with Crippen LogP contribution in [-0.4, -0.2) is 39.2 Å². The minimum Gasteiger partial charge on any atom is -0.457 e. The van der Waals surface area contributed by atoms with Crippen LogP contribution in [0.4, 0.5) is 5.69 Å². The van der Waals surface area contributed by atoms with E-state index in [-0.39, 0.29) is 23.8 Å².